The predicted molar refractivity (Wildman–Crippen MR) is 63.9 cm³/mol. The van der Waals surface area contributed by atoms with Crippen LogP contribution in [0.1, 0.15) is 13.3 Å². The summed E-state index contributed by atoms with van der Waals surface area (Å²) >= 11 is 0. The molecular weight excluding hydrogens is 224 g/mol. The Morgan fingerprint density at radius 3 is 2.65 bits per heavy atom. The van der Waals surface area contributed by atoms with E-state index in [9.17, 15) is 9.59 Å². The second kappa shape index (κ2) is 8.58. The molecule has 0 unspecified atom stereocenters. The van der Waals surface area contributed by atoms with Gasteiger partial charge in [-0.25, -0.2) is 9.59 Å². The van der Waals surface area contributed by atoms with Crippen LogP contribution in [-0.2, 0) is 9.53 Å². The Bertz CT molecular complexity index is 268. The average molecular weight is 244 g/mol. The molecule has 0 rings (SSSR count). The van der Waals surface area contributed by atoms with E-state index in [1.807, 2.05) is 0 Å². The largest absolute Gasteiger partial charge is 0.480 e. The van der Waals surface area contributed by atoms with Gasteiger partial charge in [0.25, 0.3) is 0 Å². The van der Waals surface area contributed by atoms with Crippen LogP contribution < -0.4 is 5.32 Å². The number of carboxylic acid groups (broad SMARTS) is 1. The van der Waals surface area contributed by atoms with Crippen molar-refractivity contribution in [2.45, 2.75) is 19.4 Å². The zero-order chi connectivity index (χ0) is 13.3. The van der Waals surface area contributed by atoms with Crippen molar-refractivity contribution in [3.8, 4) is 0 Å². The number of ether oxygens (including phenoxy) is 1. The molecule has 17 heavy (non-hydrogen) atoms. The lowest BCUT2D eigenvalue weighted by atomic mass is 10.2. The van der Waals surface area contributed by atoms with E-state index in [-0.39, 0.29) is 0 Å². The first-order chi connectivity index (χ1) is 8.06. The molecule has 0 aromatic carbocycles. The first-order valence-corrected chi connectivity index (χ1v) is 5.44. The number of carboxylic acids is 1. The van der Waals surface area contributed by atoms with Crippen molar-refractivity contribution >= 4 is 12.0 Å². The molecule has 0 heterocycles. The highest BCUT2D eigenvalue weighted by Gasteiger charge is 2.20. The van der Waals surface area contributed by atoms with Gasteiger partial charge >= 0.3 is 12.0 Å². The summed E-state index contributed by atoms with van der Waals surface area (Å²) < 4.78 is 4.88. The van der Waals surface area contributed by atoms with Crippen LogP contribution in [0.25, 0.3) is 0 Å². The van der Waals surface area contributed by atoms with E-state index in [4.69, 9.17) is 9.84 Å². The highest BCUT2D eigenvalue weighted by atomic mass is 16.5. The van der Waals surface area contributed by atoms with Crippen LogP contribution in [0.2, 0.25) is 0 Å². The monoisotopic (exact) mass is 244 g/mol. The number of methoxy groups -OCH3 is 1. The topological polar surface area (TPSA) is 78.9 Å². The summed E-state index contributed by atoms with van der Waals surface area (Å²) in [5.41, 5.74) is 0. The molecule has 0 aromatic heterocycles. The van der Waals surface area contributed by atoms with Crippen molar-refractivity contribution in [2.75, 3.05) is 26.8 Å². The van der Waals surface area contributed by atoms with Crippen LogP contribution in [0.15, 0.2) is 12.7 Å². The molecule has 0 saturated carbocycles. The molecule has 0 aliphatic rings. The summed E-state index contributed by atoms with van der Waals surface area (Å²) in [6.07, 6.45) is 1.92. The summed E-state index contributed by atoms with van der Waals surface area (Å²) in [6, 6.07) is -1.28. The van der Waals surface area contributed by atoms with Crippen molar-refractivity contribution in [2.24, 2.45) is 0 Å². The van der Waals surface area contributed by atoms with Gasteiger partial charge < -0.3 is 20.1 Å². The third-order valence-corrected chi connectivity index (χ3v) is 2.21. The number of nitrogens with one attached hydrogen (secondary N) is 1. The minimum atomic E-state index is -1.04. The Kier molecular flexibility index (Phi) is 7.79. The van der Waals surface area contributed by atoms with Crippen LogP contribution in [0.3, 0.4) is 0 Å². The van der Waals surface area contributed by atoms with Crippen LogP contribution in [0, 0.1) is 0 Å². The number of hydrogen-bond acceptors (Lipinski definition) is 3. The standard InChI is InChI=1S/C11H20N2O4/c1-4-6-13(7-8-17-3)11(16)12-9(5-2)10(14)15/h4,9H,1,5-8H2,2-3H3,(H,12,16)(H,14,15)/t9-/m0/s1. The highest BCUT2D eigenvalue weighted by molar-refractivity contribution is 5.82. The summed E-state index contributed by atoms with van der Waals surface area (Å²) in [5, 5.41) is 11.3. The molecule has 0 fully saturated rings. The minimum Gasteiger partial charge on any atom is -0.480 e. The smallest absolute Gasteiger partial charge is 0.326 e. The van der Waals surface area contributed by atoms with Gasteiger partial charge in [0.05, 0.1) is 6.61 Å². The van der Waals surface area contributed by atoms with Crippen molar-refractivity contribution in [1.29, 1.82) is 0 Å². The van der Waals surface area contributed by atoms with Gasteiger partial charge in [0.1, 0.15) is 6.04 Å². The lowest BCUT2D eigenvalue weighted by Gasteiger charge is -2.23. The molecule has 1 atom stereocenters. The number of carbonyl (C=O) groups excluding carboxylic acids is 1. The SMILES string of the molecule is C=CCN(CCOC)C(=O)N[C@@H](CC)C(=O)O. The van der Waals surface area contributed by atoms with Gasteiger partial charge in [0, 0.05) is 20.2 Å². The number of aliphatic carboxylic acids is 1. The van der Waals surface area contributed by atoms with E-state index >= 15 is 0 Å². The Labute approximate surface area is 101 Å². The van der Waals surface area contributed by atoms with Gasteiger partial charge in [-0.05, 0) is 6.42 Å². The molecule has 0 aromatic rings. The molecule has 2 N–H and O–H groups in total. The molecule has 6 heteroatoms. The number of urea groups is 1. The second-order valence-electron chi connectivity index (χ2n) is 3.48. The van der Waals surface area contributed by atoms with E-state index in [0.717, 1.165) is 0 Å². The lowest BCUT2D eigenvalue weighted by Crippen LogP contribution is -2.48. The van der Waals surface area contributed by atoms with E-state index in [0.29, 0.717) is 26.1 Å². The average Bonchev–Trinajstić information content (AvgIpc) is 2.30. The molecule has 0 bridgehead atoms. The fourth-order valence-electron chi connectivity index (χ4n) is 1.21. The van der Waals surface area contributed by atoms with Crippen LogP contribution >= 0.6 is 0 Å². The summed E-state index contributed by atoms with van der Waals surface area (Å²) in [5.74, 6) is -1.04. The molecule has 0 spiro atoms. The van der Waals surface area contributed by atoms with Gasteiger partial charge in [-0.2, -0.15) is 0 Å². The summed E-state index contributed by atoms with van der Waals surface area (Å²) in [4.78, 5) is 24.0. The van der Waals surface area contributed by atoms with Crippen molar-refractivity contribution < 1.29 is 19.4 Å². The number of rotatable bonds is 8. The zero-order valence-corrected chi connectivity index (χ0v) is 10.3. The maximum Gasteiger partial charge on any atom is 0.326 e. The van der Waals surface area contributed by atoms with Gasteiger partial charge in [0.2, 0.25) is 0 Å². The molecule has 0 radical (unpaired) electrons. The normalized spacial score (nSPS) is 11.6. The Morgan fingerprint density at radius 1 is 1.59 bits per heavy atom. The lowest BCUT2D eigenvalue weighted by molar-refractivity contribution is -0.139. The maximum absolute atomic E-state index is 11.8. The third-order valence-electron chi connectivity index (χ3n) is 2.21. The molecular formula is C11H20N2O4. The summed E-state index contributed by atoms with van der Waals surface area (Å²) in [6.45, 7) is 6.39. The molecule has 0 saturated heterocycles. The van der Waals surface area contributed by atoms with Crippen LogP contribution in [0.4, 0.5) is 4.79 Å². The van der Waals surface area contributed by atoms with Gasteiger partial charge in [-0.3, -0.25) is 0 Å². The minimum absolute atomic E-state index is 0.341. The van der Waals surface area contributed by atoms with Gasteiger partial charge in [-0.1, -0.05) is 13.0 Å². The first kappa shape index (κ1) is 15.4. The molecule has 6 nitrogen and oxygen atoms in total. The number of carbonyl (C=O) groups is 2. The van der Waals surface area contributed by atoms with E-state index in [2.05, 4.69) is 11.9 Å². The molecule has 2 amide bonds. The zero-order valence-electron chi connectivity index (χ0n) is 10.3. The molecule has 0 aliphatic carbocycles. The summed E-state index contributed by atoms with van der Waals surface area (Å²) in [7, 11) is 1.54. The number of nitrogens with zero attached hydrogens (tertiary/aromatic N) is 1. The van der Waals surface area contributed by atoms with Gasteiger partial charge in [0.15, 0.2) is 0 Å². The second-order valence-corrected chi connectivity index (χ2v) is 3.48. The van der Waals surface area contributed by atoms with Crippen LogP contribution in [0.5, 0.6) is 0 Å². The van der Waals surface area contributed by atoms with E-state index < -0.39 is 18.0 Å². The fourth-order valence-corrected chi connectivity index (χ4v) is 1.21. The highest BCUT2D eigenvalue weighted by Crippen LogP contribution is 1.96. The predicted octanol–water partition coefficient (Wildman–Crippen LogP) is 0.694. The Morgan fingerprint density at radius 2 is 2.24 bits per heavy atom. The van der Waals surface area contributed by atoms with E-state index in [1.165, 1.54) is 12.0 Å². The maximum atomic E-state index is 11.8. The van der Waals surface area contributed by atoms with Crippen molar-refractivity contribution in [3.05, 3.63) is 12.7 Å². The Balaban J connectivity index is 4.38. The van der Waals surface area contributed by atoms with E-state index in [1.54, 1.807) is 13.0 Å². The van der Waals surface area contributed by atoms with Gasteiger partial charge in [-0.15, -0.1) is 6.58 Å². The molecule has 0 aliphatic heterocycles. The first-order valence-electron chi connectivity index (χ1n) is 5.44. The number of amides is 2. The Hall–Kier alpha value is -1.56. The third kappa shape index (κ3) is 5.91. The quantitative estimate of drug-likeness (QED) is 0.616. The number of hydrogen-bond donors (Lipinski definition) is 2. The van der Waals surface area contributed by atoms with Crippen molar-refractivity contribution in [3.63, 3.8) is 0 Å². The molecule has 98 valence electrons. The van der Waals surface area contributed by atoms with Crippen LogP contribution in [-0.4, -0.2) is 54.9 Å². The van der Waals surface area contributed by atoms with Crippen molar-refractivity contribution in [1.82, 2.24) is 10.2 Å². The fraction of sp³-hybridized carbons (Fsp3) is 0.636.